The third kappa shape index (κ3) is 5.08. The van der Waals surface area contributed by atoms with E-state index >= 15 is 0 Å². The Hall–Kier alpha value is 0.187. The van der Waals surface area contributed by atoms with E-state index in [2.05, 4.69) is 24.4 Å². The average Bonchev–Trinajstić information content (AvgIpc) is 3.12. The fourth-order valence-electron chi connectivity index (χ4n) is 4.28. The third-order valence-corrected chi connectivity index (χ3v) is 9.88. The van der Waals surface area contributed by atoms with E-state index < -0.39 is 8.80 Å². The molecule has 2 saturated carbocycles. The second kappa shape index (κ2) is 9.61. The van der Waals surface area contributed by atoms with Gasteiger partial charge in [-0.1, -0.05) is 6.08 Å². The van der Waals surface area contributed by atoms with Gasteiger partial charge in [0.1, 0.15) is 0 Å². The number of fused-ring (bicyclic) bond motifs is 2. The predicted molar refractivity (Wildman–Crippen MR) is 101 cm³/mol. The number of thioether (sulfide) groups is 1. The Morgan fingerprint density at radius 2 is 1.65 bits per heavy atom. The molecule has 5 heteroatoms. The molecule has 2 fully saturated rings. The molecule has 0 unspecified atom stereocenters. The summed E-state index contributed by atoms with van der Waals surface area (Å²) in [6.45, 7) is 12.1. The van der Waals surface area contributed by atoms with E-state index in [1.165, 1.54) is 25.0 Å². The van der Waals surface area contributed by atoms with Gasteiger partial charge in [0.2, 0.25) is 0 Å². The summed E-state index contributed by atoms with van der Waals surface area (Å²) in [4.78, 5) is 0. The minimum Gasteiger partial charge on any atom is -0.374 e. The summed E-state index contributed by atoms with van der Waals surface area (Å²) < 4.78 is 17.8. The SMILES string of the molecule is C=C[C@@H]1C[C@H]2C[C@@H]1C[C@@H]2SCCC[Si](OCC)(OCC)OCC. The first-order valence-electron chi connectivity index (χ1n) is 9.34. The van der Waals surface area contributed by atoms with Crippen LogP contribution >= 0.6 is 11.8 Å². The number of allylic oxidation sites excluding steroid dienone is 1. The van der Waals surface area contributed by atoms with Gasteiger partial charge in [-0.2, -0.15) is 11.8 Å². The molecule has 134 valence electrons. The van der Waals surface area contributed by atoms with Crippen LogP contribution in [-0.2, 0) is 13.3 Å². The summed E-state index contributed by atoms with van der Waals surface area (Å²) >= 11 is 2.18. The van der Waals surface area contributed by atoms with Gasteiger partial charge >= 0.3 is 8.80 Å². The van der Waals surface area contributed by atoms with Crippen molar-refractivity contribution in [2.75, 3.05) is 25.6 Å². The highest BCUT2D eigenvalue weighted by atomic mass is 32.2. The van der Waals surface area contributed by atoms with E-state index in [1.54, 1.807) is 0 Å². The van der Waals surface area contributed by atoms with Crippen LogP contribution in [0.25, 0.3) is 0 Å². The molecule has 0 amide bonds. The zero-order chi connectivity index (χ0) is 16.7. The van der Waals surface area contributed by atoms with Crippen LogP contribution in [0, 0.1) is 17.8 Å². The highest BCUT2D eigenvalue weighted by Crippen LogP contribution is 2.53. The minimum absolute atomic E-state index is 0.675. The van der Waals surface area contributed by atoms with Gasteiger partial charge in [-0.3, -0.25) is 0 Å². The van der Waals surface area contributed by atoms with Crippen molar-refractivity contribution in [2.24, 2.45) is 17.8 Å². The molecule has 0 aromatic carbocycles. The summed E-state index contributed by atoms with van der Waals surface area (Å²) in [6.07, 6.45) is 7.54. The smallest absolute Gasteiger partial charge is 0.374 e. The Kier molecular flexibility index (Phi) is 8.15. The van der Waals surface area contributed by atoms with Crippen LogP contribution < -0.4 is 0 Å². The van der Waals surface area contributed by atoms with Gasteiger partial charge in [-0.05, 0) is 70.0 Å². The molecule has 0 radical (unpaired) electrons. The standard InChI is InChI=1S/C18H34O3SSi/c1-5-15-12-17-13-16(15)14-18(17)22-10-9-11-23(19-6-2,20-7-3)21-8-4/h5,15-18H,1,6-14H2,2-4H3/t15-,16-,17+,18+/m1/s1. The molecule has 0 aromatic heterocycles. The molecule has 0 N–H and O–H groups in total. The van der Waals surface area contributed by atoms with E-state index in [-0.39, 0.29) is 0 Å². The molecule has 0 heterocycles. The average molecular weight is 359 g/mol. The Morgan fingerprint density at radius 3 is 2.13 bits per heavy atom. The lowest BCUT2D eigenvalue weighted by molar-refractivity contribution is 0.0712. The van der Waals surface area contributed by atoms with Crippen LogP contribution in [0.2, 0.25) is 6.04 Å². The van der Waals surface area contributed by atoms with Crippen molar-refractivity contribution in [3.63, 3.8) is 0 Å². The van der Waals surface area contributed by atoms with Crippen LogP contribution in [0.1, 0.15) is 46.5 Å². The molecule has 23 heavy (non-hydrogen) atoms. The first-order valence-corrected chi connectivity index (χ1v) is 12.3. The molecular weight excluding hydrogens is 324 g/mol. The normalized spacial score (nSPS) is 30.0. The molecule has 0 aromatic rings. The van der Waals surface area contributed by atoms with Crippen LogP contribution in [0.5, 0.6) is 0 Å². The summed E-state index contributed by atoms with van der Waals surface area (Å²) in [6, 6.07) is 0.950. The first kappa shape index (κ1) is 19.5. The maximum Gasteiger partial charge on any atom is 0.500 e. The van der Waals surface area contributed by atoms with E-state index in [9.17, 15) is 0 Å². The topological polar surface area (TPSA) is 27.7 Å². The number of hydrogen-bond acceptors (Lipinski definition) is 4. The molecule has 2 aliphatic rings. The molecule has 2 rings (SSSR count). The van der Waals surface area contributed by atoms with Crippen LogP contribution in [0.15, 0.2) is 12.7 Å². The Bertz CT molecular complexity index is 349. The summed E-state index contributed by atoms with van der Waals surface area (Å²) in [7, 11) is -2.43. The highest BCUT2D eigenvalue weighted by Gasteiger charge is 2.45. The zero-order valence-corrected chi connectivity index (χ0v) is 16.9. The van der Waals surface area contributed by atoms with Gasteiger partial charge in [0.25, 0.3) is 0 Å². The molecule has 0 spiro atoms. The van der Waals surface area contributed by atoms with Crippen molar-refractivity contribution in [3.05, 3.63) is 12.7 Å². The number of rotatable bonds is 12. The second-order valence-corrected chi connectivity index (χ2v) is 10.7. The van der Waals surface area contributed by atoms with Gasteiger partial charge in [0.15, 0.2) is 0 Å². The molecule has 0 aliphatic heterocycles. The molecule has 3 nitrogen and oxygen atoms in total. The first-order chi connectivity index (χ1) is 11.2. The predicted octanol–water partition coefficient (Wildman–Crippen LogP) is 4.76. The van der Waals surface area contributed by atoms with E-state index in [4.69, 9.17) is 13.3 Å². The molecule has 4 atom stereocenters. The molecule has 2 aliphatic carbocycles. The van der Waals surface area contributed by atoms with Crippen LogP contribution in [0.4, 0.5) is 0 Å². The highest BCUT2D eigenvalue weighted by molar-refractivity contribution is 7.99. The quantitative estimate of drug-likeness (QED) is 0.286. The van der Waals surface area contributed by atoms with Crippen molar-refractivity contribution in [1.29, 1.82) is 0 Å². The fraction of sp³-hybridized carbons (Fsp3) is 0.889. The van der Waals surface area contributed by atoms with E-state index in [1.807, 2.05) is 20.8 Å². The van der Waals surface area contributed by atoms with Crippen LogP contribution in [0.3, 0.4) is 0 Å². The van der Waals surface area contributed by atoms with Crippen molar-refractivity contribution >= 4 is 20.6 Å². The lowest BCUT2D eigenvalue weighted by atomic mass is 9.89. The summed E-state index contributed by atoms with van der Waals surface area (Å²) in [5.41, 5.74) is 0. The van der Waals surface area contributed by atoms with E-state index in [0.29, 0.717) is 19.8 Å². The van der Waals surface area contributed by atoms with Crippen molar-refractivity contribution < 1.29 is 13.3 Å². The van der Waals surface area contributed by atoms with Gasteiger partial charge in [0.05, 0.1) is 0 Å². The number of hydrogen-bond donors (Lipinski definition) is 0. The van der Waals surface area contributed by atoms with Crippen molar-refractivity contribution in [3.8, 4) is 0 Å². The van der Waals surface area contributed by atoms with E-state index in [0.717, 1.165) is 35.5 Å². The van der Waals surface area contributed by atoms with Crippen molar-refractivity contribution in [2.45, 2.75) is 57.7 Å². The molecule has 0 saturated heterocycles. The van der Waals surface area contributed by atoms with Crippen LogP contribution in [-0.4, -0.2) is 39.6 Å². The monoisotopic (exact) mass is 358 g/mol. The van der Waals surface area contributed by atoms with Gasteiger partial charge < -0.3 is 13.3 Å². The maximum atomic E-state index is 5.93. The Labute approximate surface area is 147 Å². The second-order valence-electron chi connectivity index (χ2n) is 6.62. The Balaban J connectivity index is 1.72. The third-order valence-electron chi connectivity index (χ3n) is 5.20. The van der Waals surface area contributed by atoms with Crippen molar-refractivity contribution in [1.82, 2.24) is 0 Å². The van der Waals surface area contributed by atoms with Gasteiger partial charge in [-0.15, -0.1) is 6.58 Å². The summed E-state index contributed by atoms with van der Waals surface area (Å²) in [5, 5.41) is 0.874. The maximum absolute atomic E-state index is 5.93. The summed E-state index contributed by atoms with van der Waals surface area (Å²) in [5.74, 6) is 3.85. The zero-order valence-electron chi connectivity index (χ0n) is 15.1. The Morgan fingerprint density at radius 1 is 1.00 bits per heavy atom. The molecule has 2 bridgehead atoms. The lowest BCUT2D eigenvalue weighted by Crippen LogP contribution is -2.46. The largest absolute Gasteiger partial charge is 0.500 e. The minimum atomic E-state index is -2.43. The fourth-order valence-corrected chi connectivity index (χ4v) is 8.64. The van der Waals surface area contributed by atoms with Gasteiger partial charge in [0, 0.05) is 31.1 Å². The molecular formula is C18H34O3SSi. The lowest BCUT2D eigenvalue weighted by Gasteiger charge is -2.29. The van der Waals surface area contributed by atoms with Gasteiger partial charge in [-0.25, -0.2) is 0 Å².